The van der Waals surface area contributed by atoms with Crippen molar-refractivity contribution in [2.75, 3.05) is 19.5 Å². The number of fused-ring (bicyclic) bond motifs is 2. The largest absolute Gasteiger partial charge is 0.493 e. The Hall–Kier alpha value is -3.19. The normalized spacial score (nSPS) is 10.8. The molecule has 4 rings (SSSR count). The van der Waals surface area contributed by atoms with Crippen molar-refractivity contribution < 1.29 is 14.3 Å². The fourth-order valence-electron chi connectivity index (χ4n) is 2.66. The Morgan fingerprint density at radius 1 is 0.962 bits per heavy atom. The summed E-state index contributed by atoms with van der Waals surface area (Å²) in [5.74, 6) is 0.922. The Morgan fingerprint density at radius 2 is 1.73 bits per heavy atom. The number of pyridine rings is 1. The third-order valence-corrected chi connectivity index (χ3v) is 4.88. The van der Waals surface area contributed by atoms with Gasteiger partial charge in [0, 0.05) is 17.5 Å². The van der Waals surface area contributed by atoms with E-state index in [2.05, 4.69) is 15.3 Å². The minimum Gasteiger partial charge on any atom is -0.493 e. The van der Waals surface area contributed by atoms with Crippen LogP contribution in [0.3, 0.4) is 0 Å². The molecule has 7 heteroatoms. The number of para-hydroxylation sites is 1. The van der Waals surface area contributed by atoms with Gasteiger partial charge >= 0.3 is 0 Å². The van der Waals surface area contributed by atoms with Gasteiger partial charge in [-0.1, -0.05) is 35.6 Å². The van der Waals surface area contributed by atoms with Gasteiger partial charge in [0.1, 0.15) is 5.69 Å². The van der Waals surface area contributed by atoms with Crippen molar-refractivity contribution in [3.8, 4) is 11.5 Å². The van der Waals surface area contributed by atoms with E-state index in [0.29, 0.717) is 22.3 Å². The van der Waals surface area contributed by atoms with Crippen LogP contribution >= 0.6 is 11.3 Å². The molecular formula is C19H15N3O3S. The smallest absolute Gasteiger partial charge is 0.276 e. The topological polar surface area (TPSA) is 73.3 Å². The number of anilines is 1. The molecular weight excluding hydrogens is 350 g/mol. The lowest BCUT2D eigenvalue weighted by Gasteiger charge is -2.05. The molecule has 0 aliphatic heterocycles. The number of nitrogens with zero attached hydrogens (tertiary/aromatic N) is 2. The number of carbonyl (C=O) groups is 1. The molecule has 1 amide bonds. The number of methoxy groups -OCH3 is 2. The number of aromatic nitrogens is 2. The predicted octanol–water partition coefficient (Wildman–Crippen LogP) is 4.11. The molecule has 0 bridgehead atoms. The average molecular weight is 365 g/mol. The van der Waals surface area contributed by atoms with Crippen molar-refractivity contribution >= 4 is 43.5 Å². The number of nitrogens with one attached hydrogen (secondary N) is 1. The van der Waals surface area contributed by atoms with Gasteiger partial charge < -0.3 is 9.47 Å². The van der Waals surface area contributed by atoms with Gasteiger partial charge in [-0.15, -0.1) is 0 Å². The molecule has 4 aromatic rings. The molecule has 2 heterocycles. The van der Waals surface area contributed by atoms with Crippen molar-refractivity contribution in [2.45, 2.75) is 0 Å². The van der Waals surface area contributed by atoms with Crippen LogP contribution in [0.4, 0.5) is 5.13 Å². The van der Waals surface area contributed by atoms with Gasteiger partial charge in [0.2, 0.25) is 0 Å². The van der Waals surface area contributed by atoms with E-state index in [9.17, 15) is 4.79 Å². The lowest BCUT2D eigenvalue weighted by atomic mass is 10.2. The Balaban J connectivity index is 1.64. The van der Waals surface area contributed by atoms with Gasteiger partial charge in [-0.2, -0.15) is 0 Å². The van der Waals surface area contributed by atoms with Crippen LogP contribution in [0.25, 0.3) is 21.1 Å². The SMILES string of the molecule is COc1cc2nc(NC(=O)c3ccc4ccccc4n3)sc2cc1OC. The summed E-state index contributed by atoms with van der Waals surface area (Å²) in [4.78, 5) is 21.4. The molecule has 0 saturated carbocycles. The second kappa shape index (κ2) is 6.61. The van der Waals surface area contributed by atoms with Crippen molar-refractivity contribution in [3.05, 3.63) is 54.2 Å². The molecule has 26 heavy (non-hydrogen) atoms. The number of rotatable bonds is 4. The number of benzene rings is 2. The Kier molecular flexibility index (Phi) is 4.14. The number of carbonyl (C=O) groups excluding carboxylic acids is 1. The minimum absolute atomic E-state index is 0.297. The van der Waals surface area contributed by atoms with Gasteiger partial charge in [0.05, 0.1) is 30.0 Å². The summed E-state index contributed by atoms with van der Waals surface area (Å²) in [6.45, 7) is 0. The number of hydrogen-bond donors (Lipinski definition) is 1. The summed E-state index contributed by atoms with van der Waals surface area (Å²) < 4.78 is 11.5. The molecule has 2 aromatic heterocycles. The third kappa shape index (κ3) is 2.93. The third-order valence-electron chi connectivity index (χ3n) is 3.95. The zero-order valence-corrected chi connectivity index (χ0v) is 15.0. The van der Waals surface area contributed by atoms with Crippen LogP contribution in [0, 0.1) is 0 Å². The van der Waals surface area contributed by atoms with Crippen LogP contribution in [0.15, 0.2) is 48.5 Å². The monoisotopic (exact) mass is 365 g/mol. The first kappa shape index (κ1) is 16.3. The molecule has 130 valence electrons. The van der Waals surface area contributed by atoms with E-state index in [1.54, 1.807) is 26.4 Å². The summed E-state index contributed by atoms with van der Waals surface area (Å²) in [5.41, 5.74) is 1.85. The first-order valence-corrected chi connectivity index (χ1v) is 8.69. The molecule has 6 nitrogen and oxygen atoms in total. The molecule has 0 fully saturated rings. The van der Waals surface area contributed by atoms with Crippen LogP contribution in [0.1, 0.15) is 10.5 Å². The van der Waals surface area contributed by atoms with E-state index in [1.165, 1.54) is 11.3 Å². The number of hydrogen-bond acceptors (Lipinski definition) is 6. The van der Waals surface area contributed by atoms with Gasteiger partial charge in [0.25, 0.3) is 5.91 Å². The van der Waals surface area contributed by atoms with E-state index in [-0.39, 0.29) is 5.91 Å². The van der Waals surface area contributed by atoms with Crippen LogP contribution < -0.4 is 14.8 Å². The number of amides is 1. The number of ether oxygens (including phenoxy) is 2. The average Bonchev–Trinajstić information content (AvgIpc) is 3.07. The number of thiazole rings is 1. The zero-order chi connectivity index (χ0) is 18.1. The fraction of sp³-hybridized carbons (Fsp3) is 0.105. The first-order valence-electron chi connectivity index (χ1n) is 7.87. The molecule has 0 aliphatic carbocycles. The highest BCUT2D eigenvalue weighted by atomic mass is 32.1. The van der Waals surface area contributed by atoms with Crippen molar-refractivity contribution in [3.63, 3.8) is 0 Å². The summed E-state index contributed by atoms with van der Waals surface area (Å²) in [7, 11) is 3.16. The van der Waals surface area contributed by atoms with Crippen molar-refractivity contribution in [1.82, 2.24) is 9.97 Å². The molecule has 0 aliphatic rings. The van der Waals surface area contributed by atoms with E-state index in [1.807, 2.05) is 36.4 Å². The highest BCUT2D eigenvalue weighted by Gasteiger charge is 2.14. The maximum atomic E-state index is 12.5. The second-order valence-electron chi connectivity index (χ2n) is 5.54. The van der Waals surface area contributed by atoms with Gasteiger partial charge in [0.15, 0.2) is 16.6 Å². The van der Waals surface area contributed by atoms with E-state index in [0.717, 1.165) is 21.1 Å². The molecule has 0 spiro atoms. The minimum atomic E-state index is -0.297. The van der Waals surface area contributed by atoms with Gasteiger partial charge in [-0.3, -0.25) is 10.1 Å². The quantitative estimate of drug-likeness (QED) is 0.589. The Morgan fingerprint density at radius 3 is 2.54 bits per heavy atom. The standard InChI is InChI=1S/C19H15N3O3S/c1-24-15-9-14-17(10-16(15)25-2)26-19(21-14)22-18(23)13-8-7-11-5-3-4-6-12(11)20-13/h3-10H,1-2H3,(H,21,22,23). The van der Waals surface area contributed by atoms with Crippen LogP contribution in [0.2, 0.25) is 0 Å². The Labute approximate surface area is 153 Å². The fourth-order valence-corrected chi connectivity index (χ4v) is 3.53. The van der Waals surface area contributed by atoms with Gasteiger partial charge in [-0.05, 0) is 12.1 Å². The maximum Gasteiger partial charge on any atom is 0.276 e. The van der Waals surface area contributed by atoms with Crippen LogP contribution in [0.5, 0.6) is 11.5 Å². The lowest BCUT2D eigenvalue weighted by molar-refractivity contribution is 0.102. The molecule has 1 N–H and O–H groups in total. The second-order valence-corrected chi connectivity index (χ2v) is 6.57. The molecule has 2 aromatic carbocycles. The van der Waals surface area contributed by atoms with E-state index in [4.69, 9.17) is 9.47 Å². The van der Waals surface area contributed by atoms with Crippen LogP contribution in [-0.2, 0) is 0 Å². The summed E-state index contributed by atoms with van der Waals surface area (Å²) in [6, 6.07) is 14.9. The Bertz CT molecular complexity index is 1080. The lowest BCUT2D eigenvalue weighted by Crippen LogP contribution is -2.13. The van der Waals surface area contributed by atoms with Crippen LogP contribution in [-0.4, -0.2) is 30.1 Å². The van der Waals surface area contributed by atoms with Gasteiger partial charge in [-0.25, -0.2) is 9.97 Å². The summed E-state index contributed by atoms with van der Waals surface area (Å²) >= 11 is 1.37. The molecule has 0 atom stereocenters. The van der Waals surface area contributed by atoms with Crippen molar-refractivity contribution in [2.24, 2.45) is 0 Å². The van der Waals surface area contributed by atoms with E-state index < -0.39 is 0 Å². The highest BCUT2D eigenvalue weighted by molar-refractivity contribution is 7.22. The summed E-state index contributed by atoms with van der Waals surface area (Å²) in [5, 5.41) is 4.30. The highest BCUT2D eigenvalue weighted by Crippen LogP contribution is 2.36. The zero-order valence-electron chi connectivity index (χ0n) is 14.1. The summed E-state index contributed by atoms with van der Waals surface area (Å²) in [6.07, 6.45) is 0. The molecule has 0 unspecified atom stereocenters. The van der Waals surface area contributed by atoms with E-state index >= 15 is 0 Å². The maximum absolute atomic E-state index is 12.5. The molecule has 0 radical (unpaired) electrons. The first-order chi connectivity index (χ1) is 12.7. The molecule has 0 saturated heterocycles. The van der Waals surface area contributed by atoms with Crippen molar-refractivity contribution in [1.29, 1.82) is 0 Å². The predicted molar refractivity (Wildman–Crippen MR) is 102 cm³/mol.